The molecule has 1 aliphatic rings. The number of hydrogen-bond donors (Lipinski definition) is 1. The van der Waals surface area contributed by atoms with Crippen LogP contribution in [0.3, 0.4) is 0 Å². The largest absolute Gasteiger partial charge is 0.376 e. The van der Waals surface area contributed by atoms with Crippen molar-refractivity contribution >= 4 is 11.5 Å². The van der Waals surface area contributed by atoms with Crippen molar-refractivity contribution in [2.45, 2.75) is 18.9 Å². The van der Waals surface area contributed by atoms with Gasteiger partial charge in [-0.1, -0.05) is 6.07 Å². The van der Waals surface area contributed by atoms with E-state index in [2.05, 4.69) is 10.3 Å². The van der Waals surface area contributed by atoms with Gasteiger partial charge in [-0.3, -0.25) is 9.20 Å². The number of nitrogens with one attached hydrogen (secondary N) is 1. The highest BCUT2D eigenvalue weighted by Gasteiger charge is 2.15. The van der Waals surface area contributed by atoms with Crippen molar-refractivity contribution in [1.82, 2.24) is 9.38 Å². The van der Waals surface area contributed by atoms with Gasteiger partial charge in [0.25, 0.3) is 5.56 Å². The van der Waals surface area contributed by atoms with Crippen molar-refractivity contribution < 1.29 is 4.74 Å². The average Bonchev–Trinajstić information content (AvgIpc) is 2.90. The number of nitrogens with zero attached hydrogens (tertiary/aromatic N) is 2. The second-order valence-corrected chi connectivity index (χ2v) is 4.42. The Morgan fingerprint density at radius 1 is 1.50 bits per heavy atom. The van der Waals surface area contributed by atoms with Crippen LogP contribution in [-0.4, -0.2) is 28.6 Å². The monoisotopic (exact) mass is 245 g/mol. The zero-order valence-electron chi connectivity index (χ0n) is 10.0. The fourth-order valence-corrected chi connectivity index (χ4v) is 2.17. The molecule has 18 heavy (non-hydrogen) atoms. The molecule has 2 aromatic heterocycles. The second kappa shape index (κ2) is 4.78. The molecule has 1 N–H and O–H groups in total. The zero-order chi connectivity index (χ0) is 12.4. The Hall–Kier alpha value is -1.88. The number of pyridine rings is 1. The summed E-state index contributed by atoms with van der Waals surface area (Å²) in [5.41, 5.74) is 0.579. The molecule has 5 heteroatoms. The molecule has 0 unspecified atom stereocenters. The maximum atomic E-state index is 11.8. The molecule has 0 radical (unpaired) electrons. The SMILES string of the molecule is O=c1cc(NC[C@H]2CCCO2)nc2ccccn12. The van der Waals surface area contributed by atoms with E-state index in [0.717, 1.165) is 19.4 Å². The average molecular weight is 245 g/mol. The van der Waals surface area contributed by atoms with Crippen LogP contribution >= 0.6 is 0 Å². The topological polar surface area (TPSA) is 55.6 Å². The van der Waals surface area contributed by atoms with Gasteiger partial charge in [-0.05, 0) is 25.0 Å². The normalized spacial score (nSPS) is 19.2. The summed E-state index contributed by atoms with van der Waals surface area (Å²) >= 11 is 0. The number of rotatable bonds is 3. The fraction of sp³-hybridized carbons (Fsp3) is 0.385. The van der Waals surface area contributed by atoms with Crippen molar-refractivity contribution in [2.75, 3.05) is 18.5 Å². The van der Waals surface area contributed by atoms with Gasteiger partial charge in [-0.2, -0.15) is 0 Å². The molecule has 0 amide bonds. The van der Waals surface area contributed by atoms with Crippen molar-refractivity contribution in [2.24, 2.45) is 0 Å². The molecule has 0 aliphatic carbocycles. The lowest BCUT2D eigenvalue weighted by atomic mass is 10.2. The first kappa shape index (κ1) is 11.2. The quantitative estimate of drug-likeness (QED) is 0.885. The first-order chi connectivity index (χ1) is 8.83. The molecule has 3 heterocycles. The van der Waals surface area contributed by atoms with E-state index < -0.39 is 0 Å². The Kier molecular flexibility index (Phi) is 2.98. The number of ether oxygens (including phenoxy) is 1. The molecular weight excluding hydrogens is 230 g/mol. The highest BCUT2D eigenvalue weighted by atomic mass is 16.5. The van der Waals surface area contributed by atoms with E-state index >= 15 is 0 Å². The maximum absolute atomic E-state index is 11.8. The molecule has 0 spiro atoms. The smallest absolute Gasteiger partial charge is 0.259 e. The molecule has 0 aromatic carbocycles. The zero-order valence-corrected chi connectivity index (χ0v) is 10.0. The van der Waals surface area contributed by atoms with Crippen LogP contribution < -0.4 is 10.9 Å². The van der Waals surface area contributed by atoms with Gasteiger partial charge in [0.2, 0.25) is 0 Å². The van der Waals surface area contributed by atoms with Crippen molar-refractivity contribution in [3.63, 3.8) is 0 Å². The minimum Gasteiger partial charge on any atom is -0.376 e. The summed E-state index contributed by atoms with van der Waals surface area (Å²) in [5, 5.41) is 3.17. The molecule has 2 aromatic rings. The summed E-state index contributed by atoms with van der Waals surface area (Å²) in [5.74, 6) is 0.613. The van der Waals surface area contributed by atoms with Gasteiger partial charge in [0.05, 0.1) is 6.10 Å². The number of anilines is 1. The van der Waals surface area contributed by atoms with Crippen LogP contribution in [0, 0.1) is 0 Å². The van der Waals surface area contributed by atoms with E-state index in [4.69, 9.17) is 4.74 Å². The molecule has 1 fully saturated rings. The first-order valence-corrected chi connectivity index (χ1v) is 6.17. The van der Waals surface area contributed by atoms with Crippen LogP contribution in [0.15, 0.2) is 35.3 Å². The van der Waals surface area contributed by atoms with Crippen LogP contribution in [0.1, 0.15) is 12.8 Å². The van der Waals surface area contributed by atoms with E-state index in [0.29, 0.717) is 18.0 Å². The maximum Gasteiger partial charge on any atom is 0.259 e. The number of aromatic nitrogens is 2. The van der Waals surface area contributed by atoms with E-state index in [1.54, 1.807) is 6.20 Å². The standard InChI is InChI=1S/C13H15N3O2/c17-13-8-11(14-9-10-4-3-7-18-10)15-12-5-1-2-6-16(12)13/h1-2,5-6,8,10,14H,3-4,7,9H2/t10-/m1/s1. The molecule has 5 nitrogen and oxygen atoms in total. The number of fused-ring (bicyclic) bond motifs is 1. The molecule has 94 valence electrons. The summed E-state index contributed by atoms with van der Waals surface area (Å²) < 4.78 is 7.04. The molecular formula is C13H15N3O2. The fourth-order valence-electron chi connectivity index (χ4n) is 2.17. The molecule has 0 saturated carbocycles. The lowest BCUT2D eigenvalue weighted by Crippen LogP contribution is -2.21. The summed E-state index contributed by atoms with van der Waals surface area (Å²) in [6.45, 7) is 1.54. The van der Waals surface area contributed by atoms with Crippen LogP contribution in [0.25, 0.3) is 5.65 Å². The Balaban J connectivity index is 1.81. The predicted molar refractivity (Wildman–Crippen MR) is 68.9 cm³/mol. The Labute approximate surface area is 104 Å². The van der Waals surface area contributed by atoms with Crippen LogP contribution in [0.5, 0.6) is 0 Å². The summed E-state index contributed by atoms with van der Waals surface area (Å²) in [6, 6.07) is 7.02. The van der Waals surface area contributed by atoms with Gasteiger partial charge in [0, 0.05) is 25.4 Å². The van der Waals surface area contributed by atoms with Gasteiger partial charge in [0.1, 0.15) is 11.5 Å². The van der Waals surface area contributed by atoms with Gasteiger partial charge in [-0.25, -0.2) is 4.98 Å². The third-order valence-electron chi connectivity index (χ3n) is 3.11. The Morgan fingerprint density at radius 2 is 2.44 bits per heavy atom. The molecule has 3 rings (SSSR count). The molecule has 1 aliphatic heterocycles. The lowest BCUT2D eigenvalue weighted by molar-refractivity contribution is 0.120. The third kappa shape index (κ3) is 2.22. The van der Waals surface area contributed by atoms with Crippen molar-refractivity contribution in [1.29, 1.82) is 0 Å². The van der Waals surface area contributed by atoms with E-state index in [1.165, 1.54) is 10.5 Å². The predicted octanol–water partition coefficient (Wildman–Crippen LogP) is 1.29. The van der Waals surface area contributed by atoms with Crippen molar-refractivity contribution in [3.8, 4) is 0 Å². The minimum atomic E-state index is -0.0737. The number of hydrogen-bond acceptors (Lipinski definition) is 4. The van der Waals surface area contributed by atoms with Gasteiger partial charge >= 0.3 is 0 Å². The van der Waals surface area contributed by atoms with Gasteiger partial charge in [0.15, 0.2) is 0 Å². The van der Waals surface area contributed by atoms with Gasteiger partial charge in [-0.15, -0.1) is 0 Å². The summed E-state index contributed by atoms with van der Waals surface area (Å²) in [4.78, 5) is 16.2. The second-order valence-electron chi connectivity index (χ2n) is 4.42. The van der Waals surface area contributed by atoms with E-state index in [9.17, 15) is 4.79 Å². The van der Waals surface area contributed by atoms with Crippen LogP contribution in [0.2, 0.25) is 0 Å². The summed E-state index contributed by atoms with van der Waals surface area (Å²) in [6.07, 6.45) is 4.13. The highest BCUT2D eigenvalue weighted by molar-refractivity contribution is 5.46. The van der Waals surface area contributed by atoms with Crippen molar-refractivity contribution in [3.05, 3.63) is 40.8 Å². The lowest BCUT2D eigenvalue weighted by Gasteiger charge is -2.11. The molecule has 0 bridgehead atoms. The first-order valence-electron chi connectivity index (χ1n) is 6.17. The Morgan fingerprint density at radius 3 is 3.28 bits per heavy atom. The van der Waals surface area contributed by atoms with Gasteiger partial charge < -0.3 is 10.1 Å². The minimum absolute atomic E-state index is 0.0737. The molecule has 1 atom stereocenters. The van der Waals surface area contributed by atoms with Crippen LogP contribution in [-0.2, 0) is 4.74 Å². The summed E-state index contributed by atoms with van der Waals surface area (Å²) in [7, 11) is 0. The Bertz CT molecular complexity index is 602. The molecule has 1 saturated heterocycles. The van der Waals surface area contributed by atoms with E-state index in [1.807, 2.05) is 18.2 Å². The van der Waals surface area contributed by atoms with Crippen LogP contribution in [0.4, 0.5) is 5.82 Å². The van der Waals surface area contributed by atoms with E-state index in [-0.39, 0.29) is 11.7 Å². The third-order valence-corrected chi connectivity index (χ3v) is 3.11. The highest BCUT2D eigenvalue weighted by Crippen LogP contribution is 2.12.